The molecular weight excluding hydrogens is 293 g/mol. The summed E-state index contributed by atoms with van der Waals surface area (Å²) in [5, 5.41) is 2.60. The zero-order valence-electron chi connectivity index (χ0n) is 10.7. The first-order valence-corrected chi connectivity index (χ1v) is 6.78. The van der Waals surface area contributed by atoms with Crippen molar-refractivity contribution in [2.75, 3.05) is 13.1 Å². The van der Waals surface area contributed by atoms with Gasteiger partial charge in [0.25, 0.3) is 5.91 Å². The Morgan fingerprint density at radius 2 is 2.20 bits per heavy atom. The van der Waals surface area contributed by atoms with E-state index in [9.17, 15) is 22.8 Å². The molecule has 0 aliphatic carbocycles. The first kappa shape index (κ1) is 14.8. The van der Waals surface area contributed by atoms with Crippen LogP contribution in [0.25, 0.3) is 0 Å². The zero-order chi connectivity index (χ0) is 14.9. The number of carbonyl (C=O) groups is 2. The molecular formula is C12H13F3N2O2S. The third kappa shape index (κ3) is 3.72. The van der Waals surface area contributed by atoms with Crippen LogP contribution in [0.3, 0.4) is 0 Å². The van der Waals surface area contributed by atoms with Crippen LogP contribution in [-0.2, 0) is 4.79 Å². The van der Waals surface area contributed by atoms with E-state index < -0.39 is 24.7 Å². The average molecular weight is 306 g/mol. The molecule has 20 heavy (non-hydrogen) atoms. The number of hydrogen-bond donors (Lipinski definition) is 1. The lowest BCUT2D eigenvalue weighted by Gasteiger charge is -2.18. The fraction of sp³-hybridized carbons (Fsp3) is 0.500. The van der Waals surface area contributed by atoms with Crippen LogP contribution in [0, 0.1) is 6.92 Å². The molecule has 1 atom stereocenters. The number of nitrogens with one attached hydrogen (secondary N) is 1. The van der Waals surface area contributed by atoms with E-state index in [1.54, 1.807) is 12.1 Å². The number of carbonyl (C=O) groups excluding carboxylic acids is 2. The second-order valence-electron chi connectivity index (χ2n) is 4.67. The van der Waals surface area contributed by atoms with Crippen LogP contribution in [-0.4, -0.2) is 42.0 Å². The topological polar surface area (TPSA) is 49.4 Å². The molecule has 110 valence electrons. The molecule has 8 heteroatoms. The lowest BCUT2D eigenvalue weighted by molar-refractivity contribution is -0.157. The summed E-state index contributed by atoms with van der Waals surface area (Å²) in [6, 6.07) is 2.87. The fourth-order valence-corrected chi connectivity index (χ4v) is 2.82. The van der Waals surface area contributed by atoms with E-state index in [0.29, 0.717) is 4.88 Å². The van der Waals surface area contributed by atoms with Gasteiger partial charge in [-0.25, -0.2) is 0 Å². The molecule has 1 saturated heterocycles. The SMILES string of the molecule is Cc1ccc(C(=O)N[C@H]2CC(=O)N(CC(F)(F)F)C2)s1. The standard InChI is InChI=1S/C12H13F3N2O2S/c1-7-2-3-9(20-7)11(19)16-8-4-10(18)17(5-8)6-12(13,14)15/h2-3,8H,4-6H2,1H3,(H,16,19)/t8-/m0/s1. The normalized spacial score (nSPS) is 19.5. The Morgan fingerprint density at radius 3 is 2.75 bits per heavy atom. The molecule has 0 radical (unpaired) electrons. The van der Waals surface area contributed by atoms with Gasteiger partial charge in [-0.2, -0.15) is 13.2 Å². The summed E-state index contributed by atoms with van der Waals surface area (Å²) in [5.41, 5.74) is 0. The van der Waals surface area contributed by atoms with Crippen molar-refractivity contribution in [1.29, 1.82) is 0 Å². The van der Waals surface area contributed by atoms with Gasteiger partial charge in [-0.15, -0.1) is 11.3 Å². The molecule has 1 aliphatic rings. The minimum Gasteiger partial charge on any atom is -0.346 e. The van der Waals surface area contributed by atoms with Gasteiger partial charge in [-0.3, -0.25) is 9.59 Å². The number of alkyl halides is 3. The van der Waals surface area contributed by atoms with E-state index >= 15 is 0 Å². The number of aryl methyl sites for hydroxylation is 1. The van der Waals surface area contributed by atoms with Crippen LogP contribution in [0.15, 0.2) is 12.1 Å². The Hall–Kier alpha value is -1.57. The van der Waals surface area contributed by atoms with Crippen molar-refractivity contribution in [3.8, 4) is 0 Å². The van der Waals surface area contributed by atoms with Crippen molar-refractivity contribution < 1.29 is 22.8 Å². The van der Waals surface area contributed by atoms with Crippen LogP contribution in [0.2, 0.25) is 0 Å². The molecule has 2 heterocycles. The molecule has 1 fully saturated rings. The molecule has 1 N–H and O–H groups in total. The van der Waals surface area contributed by atoms with E-state index in [2.05, 4.69) is 5.32 Å². The summed E-state index contributed by atoms with van der Waals surface area (Å²) in [7, 11) is 0. The molecule has 2 rings (SSSR count). The van der Waals surface area contributed by atoms with Gasteiger partial charge in [-0.05, 0) is 19.1 Å². The maximum absolute atomic E-state index is 12.3. The molecule has 1 aromatic rings. The predicted octanol–water partition coefficient (Wildman–Crippen LogP) is 1.95. The monoisotopic (exact) mass is 306 g/mol. The smallest absolute Gasteiger partial charge is 0.346 e. The zero-order valence-corrected chi connectivity index (χ0v) is 11.5. The number of halogens is 3. The first-order valence-electron chi connectivity index (χ1n) is 5.96. The molecule has 0 bridgehead atoms. The lowest BCUT2D eigenvalue weighted by Crippen LogP contribution is -2.39. The van der Waals surface area contributed by atoms with Crippen LogP contribution in [0.4, 0.5) is 13.2 Å². The Balaban J connectivity index is 1.92. The minimum absolute atomic E-state index is 0.0911. The van der Waals surface area contributed by atoms with E-state index in [0.717, 1.165) is 9.78 Å². The number of likely N-dealkylation sites (tertiary alicyclic amines) is 1. The number of thiophene rings is 1. The number of rotatable bonds is 3. The largest absolute Gasteiger partial charge is 0.406 e. The molecule has 2 amide bonds. The quantitative estimate of drug-likeness (QED) is 0.928. The van der Waals surface area contributed by atoms with Crippen molar-refractivity contribution >= 4 is 23.2 Å². The van der Waals surface area contributed by atoms with Crippen molar-refractivity contribution in [1.82, 2.24) is 10.2 Å². The average Bonchev–Trinajstić information content (AvgIpc) is 2.84. The van der Waals surface area contributed by atoms with Gasteiger partial charge in [0.05, 0.1) is 10.9 Å². The van der Waals surface area contributed by atoms with Crippen LogP contribution >= 0.6 is 11.3 Å². The summed E-state index contributed by atoms with van der Waals surface area (Å²) in [4.78, 5) is 25.5. The van der Waals surface area contributed by atoms with Crippen molar-refractivity contribution in [2.24, 2.45) is 0 Å². The highest BCUT2D eigenvalue weighted by Crippen LogP contribution is 2.21. The number of hydrogen-bond acceptors (Lipinski definition) is 3. The van der Waals surface area contributed by atoms with Gasteiger partial charge in [0.1, 0.15) is 6.54 Å². The summed E-state index contributed by atoms with van der Waals surface area (Å²) < 4.78 is 36.8. The van der Waals surface area contributed by atoms with E-state index in [1.807, 2.05) is 6.92 Å². The van der Waals surface area contributed by atoms with Gasteiger partial charge in [0.15, 0.2) is 0 Å². The summed E-state index contributed by atoms with van der Waals surface area (Å²) >= 11 is 1.30. The van der Waals surface area contributed by atoms with Crippen LogP contribution in [0.1, 0.15) is 21.0 Å². The first-order chi connectivity index (χ1) is 9.24. The molecule has 0 saturated carbocycles. The minimum atomic E-state index is -4.42. The molecule has 0 spiro atoms. The summed E-state index contributed by atoms with van der Waals surface area (Å²) in [5.74, 6) is -0.940. The van der Waals surface area contributed by atoms with E-state index in [1.165, 1.54) is 11.3 Å². The Kier molecular flexibility index (Phi) is 4.03. The lowest BCUT2D eigenvalue weighted by atomic mass is 10.2. The fourth-order valence-electron chi connectivity index (χ4n) is 2.05. The van der Waals surface area contributed by atoms with Gasteiger partial charge in [0.2, 0.25) is 5.91 Å². The maximum Gasteiger partial charge on any atom is 0.406 e. The molecule has 1 aliphatic heterocycles. The Morgan fingerprint density at radius 1 is 1.50 bits per heavy atom. The van der Waals surface area contributed by atoms with Gasteiger partial charge < -0.3 is 10.2 Å². The predicted molar refractivity (Wildman–Crippen MR) is 67.6 cm³/mol. The van der Waals surface area contributed by atoms with Gasteiger partial charge in [0, 0.05) is 17.8 Å². The van der Waals surface area contributed by atoms with Crippen LogP contribution < -0.4 is 5.32 Å². The molecule has 0 aromatic carbocycles. The van der Waals surface area contributed by atoms with Crippen molar-refractivity contribution in [3.63, 3.8) is 0 Å². The maximum atomic E-state index is 12.3. The molecule has 1 aromatic heterocycles. The third-order valence-electron chi connectivity index (χ3n) is 2.88. The highest BCUT2D eigenvalue weighted by Gasteiger charge is 2.38. The highest BCUT2D eigenvalue weighted by molar-refractivity contribution is 7.13. The van der Waals surface area contributed by atoms with Crippen molar-refractivity contribution in [3.05, 3.63) is 21.9 Å². The summed E-state index contributed by atoms with van der Waals surface area (Å²) in [6.45, 7) is 0.483. The Bertz CT molecular complexity index is 527. The van der Waals surface area contributed by atoms with E-state index in [-0.39, 0.29) is 18.9 Å². The third-order valence-corrected chi connectivity index (χ3v) is 3.88. The van der Waals surface area contributed by atoms with Gasteiger partial charge in [-0.1, -0.05) is 0 Å². The number of amides is 2. The molecule has 4 nitrogen and oxygen atoms in total. The second kappa shape index (κ2) is 5.43. The summed E-state index contributed by atoms with van der Waals surface area (Å²) in [6.07, 6.45) is -4.51. The molecule has 0 unspecified atom stereocenters. The van der Waals surface area contributed by atoms with E-state index in [4.69, 9.17) is 0 Å². The van der Waals surface area contributed by atoms with Crippen LogP contribution in [0.5, 0.6) is 0 Å². The number of nitrogens with zero attached hydrogens (tertiary/aromatic N) is 1. The van der Waals surface area contributed by atoms with Gasteiger partial charge >= 0.3 is 6.18 Å². The Labute approximate surface area is 117 Å². The highest BCUT2D eigenvalue weighted by atomic mass is 32.1. The second-order valence-corrected chi connectivity index (χ2v) is 5.96. The van der Waals surface area contributed by atoms with Crippen molar-refractivity contribution in [2.45, 2.75) is 25.6 Å².